The van der Waals surface area contributed by atoms with Crippen LogP contribution in [-0.2, 0) is 34.5 Å². The summed E-state index contributed by atoms with van der Waals surface area (Å²) in [5.74, 6) is -0.380. The Bertz CT molecular complexity index is 1760. The van der Waals surface area contributed by atoms with E-state index >= 15 is 0 Å². The Morgan fingerprint density at radius 2 is 1.90 bits per heavy atom. The van der Waals surface area contributed by atoms with Crippen LogP contribution < -0.4 is 15.0 Å². The number of rotatable bonds is 7. The smallest absolute Gasteiger partial charge is 0.433 e. The van der Waals surface area contributed by atoms with E-state index in [-0.39, 0.29) is 55.4 Å². The number of pyridine rings is 2. The van der Waals surface area contributed by atoms with Gasteiger partial charge in [0.15, 0.2) is 11.3 Å². The summed E-state index contributed by atoms with van der Waals surface area (Å²) in [6.45, 7) is 2.08. The van der Waals surface area contributed by atoms with E-state index in [1.165, 1.54) is 0 Å². The van der Waals surface area contributed by atoms with Gasteiger partial charge in [-0.3, -0.25) is 4.79 Å². The number of carbonyl (C=O) groups excluding carboxylic acids is 1. The first-order valence-corrected chi connectivity index (χ1v) is 12.8. The van der Waals surface area contributed by atoms with Crippen molar-refractivity contribution in [1.29, 1.82) is 0 Å². The molecule has 0 saturated heterocycles. The number of hydrogen-bond acceptors (Lipinski definition) is 9. The fourth-order valence-corrected chi connectivity index (χ4v) is 5.05. The summed E-state index contributed by atoms with van der Waals surface area (Å²) in [4.78, 5) is 37.3. The summed E-state index contributed by atoms with van der Waals surface area (Å²) >= 11 is 0. The van der Waals surface area contributed by atoms with Crippen molar-refractivity contribution < 1.29 is 37.3 Å². The van der Waals surface area contributed by atoms with E-state index in [0.29, 0.717) is 29.1 Å². The number of halogens is 3. The number of hydrogen-bond donors (Lipinski definition) is 1. The molecule has 13 heteroatoms. The molecule has 0 bridgehead atoms. The molecule has 6 rings (SSSR count). The van der Waals surface area contributed by atoms with Crippen LogP contribution in [0.5, 0.6) is 11.6 Å². The Morgan fingerprint density at radius 1 is 1.10 bits per heavy atom. The minimum atomic E-state index is -4.58. The van der Waals surface area contributed by atoms with Crippen LogP contribution in [0.15, 0.2) is 47.5 Å². The molecular weight excluding hydrogens is 545 g/mol. The van der Waals surface area contributed by atoms with Crippen molar-refractivity contribution >= 4 is 16.9 Å². The molecule has 0 spiro atoms. The molecule has 1 N–H and O–H groups in total. The molecule has 0 saturated carbocycles. The maximum Gasteiger partial charge on any atom is 0.433 e. The number of nitrogens with zero attached hydrogens (tertiary/aromatic N) is 4. The Kier molecular flexibility index (Phi) is 6.40. The van der Waals surface area contributed by atoms with Gasteiger partial charge in [0.1, 0.15) is 18.7 Å². The minimum Gasteiger partial charge on any atom is -0.493 e. The van der Waals surface area contributed by atoms with Crippen LogP contribution in [0.3, 0.4) is 0 Å². The minimum absolute atomic E-state index is 0.0637. The Labute approximate surface area is 230 Å². The van der Waals surface area contributed by atoms with Crippen molar-refractivity contribution in [3.63, 3.8) is 0 Å². The standard InChI is InChI=1S/C28H23F3N4O6/c1-2-27(38)19-10-21-24-16(12-35(21)25(36)18(19)13-41-26(27)37)8-15-9-17(4-5-20(15)34-24)39-6-3-7-40-23-11-22(28(29,30)31)32-14-33-23/h4-5,8-11,14,38H,2-3,6-7,12-13H2,1H3/t27-/m0/s1. The lowest BCUT2D eigenvalue weighted by atomic mass is 9.86. The van der Waals surface area contributed by atoms with Crippen molar-refractivity contribution in [2.45, 2.75) is 44.7 Å². The van der Waals surface area contributed by atoms with Crippen molar-refractivity contribution in [1.82, 2.24) is 19.5 Å². The van der Waals surface area contributed by atoms with Crippen LogP contribution in [-0.4, -0.2) is 43.8 Å². The number of aliphatic hydroxyl groups is 1. The van der Waals surface area contributed by atoms with Gasteiger partial charge in [-0.25, -0.2) is 19.7 Å². The number of esters is 1. The molecule has 0 amide bonds. The van der Waals surface area contributed by atoms with Gasteiger partial charge in [0.05, 0.1) is 42.2 Å². The monoisotopic (exact) mass is 568 g/mol. The van der Waals surface area contributed by atoms with E-state index in [1.54, 1.807) is 29.7 Å². The second-order valence-electron chi connectivity index (χ2n) is 9.74. The van der Waals surface area contributed by atoms with Crippen molar-refractivity contribution in [3.05, 3.63) is 75.5 Å². The maximum atomic E-state index is 13.3. The first-order chi connectivity index (χ1) is 19.6. The number of alkyl halides is 3. The van der Waals surface area contributed by atoms with Gasteiger partial charge in [0.25, 0.3) is 5.56 Å². The lowest BCUT2D eigenvalue weighted by Gasteiger charge is -2.31. The number of fused-ring (bicyclic) bond motifs is 5. The first kappa shape index (κ1) is 26.7. The predicted octanol–water partition coefficient (Wildman–Crippen LogP) is 3.74. The highest BCUT2D eigenvalue weighted by Gasteiger charge is 2.45. The van der Waals surface area contributed by atoms with E-state index in [1.807, 2.05) is 12.1 Å². The van der Waals surface area contributed by atoms with Crippen LogP contribution in [0.2, 0.25) is 0 Å². The summed E-state index contributed by atoms with van der Waals surface area (Å²) in [5, 5.41) is 11.8. The quantitative estimate of drug-likeness (QED) is 0.231. The molecule has 3 aromatic heterocycles. The molecule has 212 valence electrons. The molecule has 41 heavy (non-hydrogen) atoms. The van der Waals surface area contributed by atoms with Gasteiger partial charge in [-0.1, -0.05) is 6.92 Å². The van der Waals surface area contributed by atoms with Crippen LogP contribution in [0.1, 0.15) is 42.1 Å². The van der Waals surface area contributed by atoms with Gasteiger partial charge in [-0.2, -0.15) is 13.2 Å². The molecule has 2 aliphatic heterocycles. The summed E-state index contributed by atoms with van der Waals surface area (Å²) in [5.41, 5.74) is -0.190. The zero-order chi connectivity index (χ0) is 28.9. The van der Waals surface area contributed by atoms with Crippen molar-refractivity contribution in [2.75, 3.05) is 13.2 Å². The number of aromatic nitrogens is 4. The normalized spacial score (nSPS) is 17.5. The number of benzene rings is 1. The largest absolute Gasteiger partial charge is 0.493 e. The van der Waals surface area contributed by atoms with Gasteiger partial charge in [-0.15, -0.1) is 0 Å². The average Bonchev–Trinajstić information content (AvgIpc) is 3.31. The third-order valence-corrected chi connectivity index (χ3v) is 7.22. The van der Waals surface area contributed by atoms with E-state index < -0.39 is 23.4 Å². The SMILES string of the molecule is CC[C@@]1(O)C(=O)OCc2c1cc1n(c2=O)Cc2cc3cc(OCCCOc4cc(C(F)(F)F)ncn4)ccc3nc2-1. The molecule has 0 aliphatic carbocycles. The highest BCUT2D eigenvalue weighted by Crippen LogP contribution is 2.39. The highest BCUT2D eigenvalue weighted by molar-refractivity contribution is 5.87. The third-order valence-electron chi connectivity index (χ3n) is 7.22. The van der Waals surface area contributed by atoms with E-state index in [0.717, 1.165) is 23.3 Å². The molecule has 0 unspecified atom stereocenters. The second-order valence-corrected chi connectivity index (χ2v) is 9.74. The maximum absolute atomic E-state index is 13.3. The summed E-state index contributed by atoms with van der Waals surface area (Å²) < 4.78 is 56.1. The van der Waals surface area contributed by atoms with Crippen LogP contribution >= 0.6 is 0 Å². The van der Waals surface area contributed by atoms with Gasteiger partial charge in [0, 0.05) is 29.0 Å². The molecule has 5 heterocycles. The van der Waals surface area contributed by atoms with E-state index in [4.69, 9.17) is 19.2 Å². The molecule has 4 aromatic rings. The Morgan fingerprint density at radius 3 is 2.68 bits per heavy atom. The Balaban J connectivity index is 1.17. The summed E-state index contributed by atoms with van der Waals surface area (Å²) in [6, 6.07) is 9.65. The lowest BCUT2D eigenvalue weighted by molar-refractivity contribution is -0.172. The number of carbonyl (C=O) groups is 1. The highest BCUT2D eigenvalue weighted by atomic mass is 19.4. The fraction of sp³-hybridized carbons (Fsp3) is 0.321. The van der Waals surface area contributed by atoms with Gasteiger partial charge >= 0.3 is 12.1 Å². The van der Waals surface area contributed by atoms with Crippen LogP contribution in [0.4, 0.5) is 13.2 Å². The molecule has 0 fully saturated rings. The zero-order valence-electron chi connectivity index (χ0n) is 21.7. The second kappa shape index (κ2) is 9.84. The van der Waals surface area contributed by atoms with Gasteiger partial charge < -0.3 is 23.9 Å². The van der Waals surface area contributed by atoms with Crippen molar-refractivity contribution in [3.8, 4) is 23.0 Å². The Hall–Kier alpha value is -4.52. The molecular formula is C28H23F3N4O6. The molecule has 1 atom stereocenters. The molecule has 1 aromatic carbocycles. The molecule has 2 aliphatic rings. The zero-order valence-corrected chi connectivity index (χ0v) is 21.7. The van der Waals surface area contributed by atoms with Crippen LogP contribution in [0.25, 0.3) is 22.3 Å². The van der Waals surface area contributed by atoms with Gasteiger partial charge in [-0.05, 0) is 36.8 Å². The first-order valence-electron chi connectivity index (χ1n) is 12.8. The average molecular weight is 569 g/mol. The summed E-state index contributed by atoms with van der Waals surface area (Å²) in [6.07, 6.45) is -3.32. The predicted molar refractivity (Wildman–Crippen MR) is 137 cm³/mol. The van der Waals surface area contributed by atoms with Gasteiger partial charge in [0.2, 0.25) is 5.88 Å². The third kappa shape index (κ3) is 4.65. The lowest BCUT2D eigenvalue weighted by Crippen LogP contribution is -2.44. The molecule has 10 nitrogen and oxygen atoms in total. The fourth-order valence-electron chi connectivity index (χ4n) is 5.05. The number of ether oxygens (including phenoxy) is 3. The number of cyclic esters (lactones) is 1. The van der Waals surface area contributed by atoms with Crippen LogP contribution in [0, 0.1) is 0 Å². The van der Waals surface area contributed by atoms with E-state index in [9.17, 15) is 27.9 Å². The van der Waals surface area contributed by atoms with E-state index in [2.05, 4.69) is 9.97 Å². The summed E-state index contributed by atoms with van der Waals surface area (Å²) in [7, 11) is 0. The molecule has 0 radical (unpaired) electrons. The van der Waals surface area contributed by atoms with Crippen molar-refractivity contribution in [2.24, 2.45) is 0 Å². The topological polar surface area (TPSA) is 126 Å².